The van der Waals surface area contributed by atoms with E-state index in [1.165, 1.54) is 25.3 Å². The van der Waals surface area contributed by atoms with Crippen LogP contribution in [-0.2, 0) is 15.0 Å². The summed E-state index contributed by atoms with van der Waals surface area (Å²) < 4.78 is 41.6. The Morgan fingerprint density at radius 1 is 0.829 bits per heavy atom. The number of hydrogen-bond donors (Lipinski definition) is 0. The molecule has 4 rings (SSSR count). The van der Waals surface area contributed by atoms with E-state index in [1.54, 1.807) is 55.5 Å². The molecule has 1 aliphatic rings. The maximum absolute atomic E-state index is 12.7. The van der Waals surface area contributed by atoms with E-state index in [1.807, 2.05) is 0 Å². The first-order chi connectivity index (χ1) is 16.8. The molecule has 0 atom stereocenters. The van der Waals surface area contributed by atoms with Crippen molar-refractivity contribution < 1.29 is 36.5 Å². The summed E-state index contributed by atoms with van der Waals surface area (Å²) in [4.78, 5) is 29.9. The first kappa shape index (κ1) is 24.2. The highest BCUT2D eigenvalue weighted by Gasteiger charge is 2.36. The Hall–Kier alpha value is -3.89. The number of methoxy groups -OCH3 is 1. The Morgan fingerprint density at radius 2 is 1.46 bits per heavy atom. The van der Waals surface area contributed by atoms with Crippen molar-refractivity contribution in [3.63, 3.8) is 0 Å². The second-order valence-corrected chi connectivity index (χ2v) is 9.17. The summed E-state index contributed by atoms with van der Waals surface area (Å²) in [5.41, 5.74) is 1.35. The normalized spacial score (nSPS) is 13.0. The smallest absolute Gasteiger partial charge is 0.342 e. The Morgan fingerprint density at radius 3 is 2.14 bits per heavy atom. The number of hydrogen-bond acceptors (Lipinski definition) is 8. The van der Waals surface area contributed by atoms with E-state index in [4.69, 9.17) is 18.5 Å². The molecule has 3 aromatic carbocycles. The van der Waals surface area contributed by atoms with Crippen LogP contribution in [0.3, 0.4) is 0 Å². The summed E-state index contributed by atoms with van der Waals surface area (Å²) in [6.45, 7) is 2.05. The highest BCUT2D eigenvalue weighted by molar-refractivity contribution is 7.87. The lowest BCUT2D eigenvalue weighted by molar-refractivity contribution is -0.0935. The van der Waals surface area contributed by atoms with E-state index in [-0.39, 0.29) is 29.6 Å². The van der Waals surface area contributed by atoms with E-state index in [9.17, 15) is 18.0 Å². The SMILES string of the molecule is COc1ccccc1S(=O)(=O)Oc1cc(C)cc(OCCCON2C(=O)c3ccccc3C2=O)c1. The second-order valence-electron chi connectivity index (χ2n) is 7.66. The van der Waals surface area contributed by atoms with E-state index >= 15 is 0 Å². The van der Waals surface area contributed by atoms with Crippen molar-refractivity contribution in [2.45, 2.75) is 18.2 Å². The van der Waals surface area contributed by atoms with Gasteiger partial charge in [0, 0.05) is 12.5 Å². The maximum atomic E-state index is 12.7. The number of carbonyl (C=O) groups excluding carboxylic acids is 2. The predicted octanol–water partition coefficient (Wildman–Crippen LogP) is 3.77. The summed E-state index contributed by atoms with van der Waals surface area (Å²) in [5.74, 6) is -0.328. The fraction of sp³-hybridized carbons (Fsp3) is 0.200. The van der Waals surface area contributed by atoms with Crippen molar-refractivity contribution in [1.29, 1.82) is 0 Å². The Kier molecular flexibility index (Phi) is 7.04. The van der Waals surface area contributed by atoms with Crippen molar-refractivity contribution >= 4 is 21.9 Å². The standard InChI is InChI=1S/C25H23NO8S/c1-17-14-18(16-19(15-17)34-35(29,30)23-11-6-5-10-22(23)31-2)32-12-7-13-33-26-24(27)20-8-3-4-9-21(20)25(26)28/h3-6,8-11,14-16H,7,12-13H2,1-2H3. The minimum absolute atomic E-state index is 0.0722. The lowest BCUT2D eigenvalue weighted by Gasteiger charge is -2.14. The minimum Gasteiger partial charge on any atom is -0.495 e. The van der Waals surface area contributed by atoms with Gasteiger partial charge in [0.25, 0.3) is 11.8 Å². The van der Waals surface area contributed by atoms with Crippen LogP contribution in [0, 0.1) is 6.92 Å². The molecule has 9 nitrogen and oxygen atoms in total. The summed E-state index contributed by atoms with van der Waals surface area (Å²) in [7, 11) is -2.75. The molecule has 0 spiro atoms. The average Bonchev–Trinajstić information content (AvgIpc) is 3.08. The van der Waals surface area contributed by atoms with Crippen molar-refractivity contribution in [2.75, 3.05) is 20.3 Å². The number of amides is 2. The van der Waals surface area contributed by atoms with Crippen LogP contribution in [0.5, 0.6) is 17.2 Å². The first-order valence-electron chi connectivity index (χ1n) is 10.7. The zero-order valence-corrected chi connectivity index (χ0v) is 19.9. The summed E-state index contributed by atoms with van der Waals surface area (Å²) in [5, 5.41) is 0.756. The number of benzene rings is 3. The third-order valence-electron chi connectivity index (χ3n) is 5.10. The molecule has 0 aromatic heterocycles. The zero-order valence-electron chi connectivity index (χ0n) is 19.1. The van der Waals surface area contributed by atoms with Gasteiger partial charge in [-0.25, -0.2) is 0 Å². The van der Waals surface area contributed by atoms with Crippen molar-refractivity contribution in [2.24, 2.45) is 0 Å². The van der Waals surface area contributed by atoms with Crippen molar-refractivity contribution in [3.8, 4) is 17.2 Å². The fourth-order valence-corrected chi connectivity index (χ4v) is 4.61. The van der Waals surface area contributed by atoms with Crippen LogP contribution in [-0.4, -0.2) is 45.6 Å². The monoisotopic (exact) mass is 497 g/mol. The topological polar surface area (TPSA) is 108 Å². The molecule has 1 aliphatic heterocycles. The number of rotatable bonds is 10. The molecule has 0 saturated carbocycles. The van der Waals surface area contributed by atoms with Crippen LogP contribution >= 0.6 is 0 Å². The van der Waals surface area contributed by atoms with Crippen LogP contribution < -0.4 is 13.7 Å². The van der Waals surface area contributed by atoms with E-state index in [0.717, 1.165) is 10.6 Å². The molecule has 0 radical (unpaired) electrons. The van der Waals surface area contributed by atoms with E-state index in [0.29, 0.717) is 23.3 Å². The number of nitrogens with zero attached hydrogens (tertiary/aromatic N) is 1. The molecule has 35 heavy (non-hydrogen) atoms. The Balaban J connectivity index is 1.33. The van der Waals surface area contributed by atoms with Crippen molar-refractivity contribution in [3.05, 3.63) is 83.4 Å². The predicted molar refractivity (Wildman–Crippen MR) is 125 cm³/mol. The molecular formula is C25H23NO8S. The van der Waals surface area contributed by atoms with Crippen molar-refractivity contribution in [1.82, 2.24) is 5.06 Å². The molecule has 0 saturated heterocycles. The van der Waals surface area contributed by atoms with Gasteiger partial charge in [0.05, 0.1) is 31.5 Å². The first-order valence-corrected chi connectivity index (χ1v) is 12.1. The van der Waals surface area contributed by atoms with Gasteiger partial charge < -0.3 is 13.7 Å². The number of hydroxylamine groups is 2. The highest BCUT2D eigenvalue weighted by Crippen LogP contribution is 2.29. The lowest BCUT2D eigenvalue weighted by atomic mass is 10.1. The zero-order chi connectivity index (χ0) is 25.0. The molecule has 2 amide bonds. The Labute approximate surface area is 202 Å². The van der Waals surface area contributed by atoms with Crippen LogP contribution in [0.2, 0.25) is 0 Å². The van der Waals surface area contributed by atoms with Gasteiger partial charge in [-0.2, -0.15) is 8.42 Å². The molecule has 10 heteroatoms. The lowest BCUT2D eigenvalue weighted by Crippen LogP contribution is -2.30. The third kappa shape index (κ3) is 5.28. The Bertz CT molecular complexity index is 1330. The third-order valence-corrected chi connectivity index (χ3v) is 6.39. The van der Waals surface area contributed by atoms with Crippen LogP contribution in [0.25, 0.3) is 0 Å². The molecule has 182 valence electrons. The molecule has 3 aromatic rings. The number of para-hydroxylation sites is 1. The van der Waals surface area contributed by atoms with E-state index in [2.05, 4.69) is 0 Å². The quantitative estimate of drug-likeness (QED) is 0.237. The number of fused-ring (bicyclic) bond motifs is 1. The average molecular weight is 498 g/mol. The number of imide groups is 1. The maximum Gasteiger partial charge on any atom is 0.342 e. The van der Waals surface area contributed by atoms with Gasteiger partial charge in [-0.15, -0.1) is 5.06 Å². The summed E-state index contributed by atoms with van der Waals surface area (Å²) in [6, 6.07) is 17.5. The van der Waals surface area contributed by atoms with E-state index < -0.39 is 21.9 Å². The molecule has 0 bridgehead atoms. The molecule has 0 fully saturated rings. The highest BCUT2D eigenvalue weighted by atomic mass is 32.2. The second kappa shape index (κ2) is 10.2. The molecule has 1 heterocycles. The van der Waals surface area contributed by atoms with Gasteiger partial charge in [0.2, 0.25) is 0 Å². The van der Waals surface area contributed by atoms with Gasteiger partial charge in [-0.3, -0.25) is 14.4 Å². The van der Waals surface area contributed by atoms with Gasteiger partial charge in [0.1, 0.15) is 22.1 Å². The molecule has 0 unspecified atom stereocenters. The van der Waals surface area contributed by atoms with Gasteiger partial charge in [-0.05, 0) is 48.9 Å². The number of ether oxygens (including phenoxy) is 2. The molecular weight excluding hydrogens is 474 g/mol. The number of aryl methyl sites for hydroxylation is 1. The summed E-state index contributed by atoms with van der Waals surface area (Å²) >= 11 is 0. The van der Waals surface area contributed by atoms with Crippen LogP contribution in [0.4, 0.5) is 0 Å². The largest absolute Gasteiger partial charge is 0.495 e. The summed E-state index contributed by atoms with van der Waals surface area (Å²) in [6.07, 6.45) is 0.372. The van der Waals surface area contributed by atoms with Gasteiger partial charge in [0.15, 0.2) is 0 Å². The van der Waals surface area contributed by atoms with Crippen LogP contribution in [0.15, 0.2) is 71.6 Å². The van der Waals surface area contributed by atoms with Gasteiger partial charge in [-0.1, -0.05) is 24.3 Å². The van der Waals surface area contributed by atoms with Gasteiger partial charge >= 0.3 is 10.1 Å². The molecule has 0 aliphatic carbocycles. The minimum atomic E-state index is -4.13. The van der Waals surface area contributed by atoms with Crippen LogP contribution in [0.1, 0.15) is 32.7 Å². The molecule has 0 N–H and O–H groups in total. The number of carbonyl (C=O) groups is 2. The fourth-order valence-electron chi connectivity index (χ4n) is 3.53.